The van der Waals surface area contributed by atoms with E-state index in [0.29, 0.717) is 13.2 Å². The molecule has 3 heterocycles. The van der Waals surface area contributed by atoms with E-state index in [4.69, 9.17) is 9.84 Å². The van der Waals surface area contributed by atoms with E-state index in [2.05, 4.69) is 9.97 Å². The number of hydrogen-bond acceptors (Lipinski definition) is 4. The van der Waals surface area contributed by atoms with Gasteiger partial charge in [-0.15, -0.1) is 0 Å². The molecule has 2 N–H and O–H groups in total. The van der Waals surface area contributed by atoms with Crippen molar-refractivity contribution < 1.29 is 14.6 Å². The number of hydrogen-bond donors (Lipinski definition) is 2. The molecule has 1 saturated heterocycles. The number of aromatic carboxylic acids is 1. The first kappa shape index (κ1) is 11.9. The molecule has 19 heavy (non-hydrogen) atoms. The fourth-order valence-corrected chi connectivity index (χ4v) is 2.33. The maximum Gasteiger partial charge on any atom is 0.353 e. The molecule has 3 rings (SSSR count). The summed E-state index contributed by atoms with van der Waals surface area (Å²) >= 11 is 0. The van der Waals surface area contributed by atoms with Crippen molar-refractivity contribution >= 4 is 11.6 Å². The number of aromatic amines is 1. The predicted octanol–water partition coefficient (Wildman–Crippen LogP) is 0.615. The lowest BCUT2D eigenvalue weighted by Crippen LogP contribution is -2.16. The number of imidazole rings is 1. The van der Waals surface area contributed by atoms with Gasteiger partial charge in [0.15, 0.2) is 0 Å². The van der Waals surface area contributed by atoms with Gasteiger partial charge in [-0.3, -0.25) is 9.20 Å². The normalized spacial score (nSPS) is 16.8. The molecule has 2 aromatic rings. The van der Waals surface area contributed by atoms with Crippen LogP contribution in [-0.2, 0) is 4.74 Å². The SMILES string of the molecule is O=C(O)c1cn2cc(C3CCOCC3)nc2c(=O)[nH]1. The van der Waals surface area contributed by atoms with Crippen molar-refractivity contribution in [2.45, 2.75) is 18.8 Å². The fourth-order valence-electron chi connectivity index (χ4n) is 2.33. The van der Waals surface area contributed by atoms with E-state index >= 15 is 0 Å². The largest absolute Gasteiger partial charge is 0.477 e. The third-order valence-corrected chi connectivity index (χ3v) is 3.34. The van der Waals surface area contributed by atoms with Crippen LogP contribution in [0.5, 0.6) is 0 Å². The van der Waals surface area contributed by atoms with Gasteiger partial charge in [-0.1, -0.05) is 0 Å². The second kappa shape index (κ2) is 4.51. The van der Waals surface area contributed by atoms with Crippen LogP contribution in [0, 0.1) is 0 Å². The Hall–Kier alpha value is -2.15. The maximum absolute atomic E-state index is 11.8. The summed E-state index contributed by atoms with van der Waals surface area (Å²) < 4.78 is 6.77. The minimum absolute atomic E-state index is 0.145. The zero-order chi connectivity index (χ0) is 13.4. The maximum atomic E-state index is 11.8. The summed E-state index contributed by atoms with van der Waals surface area (Å²) in [5.41, 5.74) is 0.412. The van der Waals surface area contributed by atoms with E-state index in [9.17, 15) is 9.59 Å². The number of nitrogens with one attached hydrogen (secondary N) is 1. The summed E-state index contributed by atoms with van der Waals surface area (Å²) in [7, 11) is 0. The van der Waals surface area contributed by atoms with Crippen LogP contribution in [0.4, 0.5) is 0 Å². The Morgan fingerprint density at radius 2 is 2.16 bits per heavy atom. The molecule has 0 atom stereocenters. The Morgan fingerprint density at radius 1 is 1.42 bits per heavy atom. The van der Waals surface area contributed by atoms with Crippen molar-refractivity contribution in [1.29, 1.82) is 0 Å². The Balaban J connectivity index is 2.07. The van der Waals surface area contributed by atoms with Crippen LogP contribution in [0.15, 0.2) is 17.2 Å². The monoisotopic (exact) mass is 263 g/mol. The molecule has 1 aliphatic heterocycles. The first-order valence-electron chi connectivity index (χ1n) is 6.08. The highest BCUT2D eigenvalue weighted by atomic mass is 16.5. The molecular weight excluding hydrogens is 250 g/mol. The number of nitrogens with zero attached hydrogens (tertiary/aromatic N) is 2. The van der Waals surface area contributed by atoms with Crippen molar-refractivity contribution in [3.8, 4) is 0 Å². The number of H-pyrrole nitrogens is 1. The van der Waals surface area contributed by atoms with Gasteiger partial charge < -0.3 is 14.8 Å². The molecule has 0 saturated carbocycles. The van der Waals surface area contributed by atoms with Gasteiger partial charge in [-0.2, -0.15) is 0 Å². The second-order valence-corrected chi connectivity index (χ2v) is 4.59. The molecule has 0 unspecified atom stereocenters. The lowest BCUT2D eigenvalue weighted by molar-refractivity contribution is 0.0689. The van der Waals surface area contributed by atoms with Gasteiger partial charge in [-0.25, -0.2) is 9.78 Å². The van der Waals surface area contributed by atoms with Crippen LogP contribution < -0.4 is 5.56 Å². The molecule has 0 aromatic carbocycles. The second-order valence-electron chi connectivity index (χ2n) is 4.59. The number of carboxylic acid groups (broad SMARTS) is 1. The first-order chi connectivity index (χ1) is 9.15. The number of ether oxygens (including phenoxy) is 1. The summed E-state index contributed by atoms with van der Waals surface area (Å²) in [5.74, 6) is -0.901. The van der Waals surface area contributed by atoms with Crippen LogP contribution in [-0.4, -0.2) is 38.7 Å². The van der Waals surface area contributed by atoms with Crippen LogP contribution in [0.2, 0.25) is 0 Å². The van der Waals surface area contributed by atoms with Crippen molar-refractivity contribution in [3.05, 3.63) is 34.1 Å². The minimum atomic E-state index is -1.17. The van der Waals surface area contributed by atoms with Gasteiger partial charge in [0.25, 0.3) is 5.56 Å². The van der Waals surface area contributed by atoms with Gasteiger partial charge in [0.2, 0.25) is 5.65 Å². The van der Waals surface area contributed by atoms with Crippen molar-refractivity contribution in [2.24, 2.45) is 0 Å². The zero-order valence-corrected chi connectivity index (χ0v) is 10.1. The Morgan fingerprint density at radius 3 is 2.84 bits per heavy atom. The summed E-state index contributed by atoms with van der Waals surface area (Å²) in [5, 5.41) is 8.90. The molecule has 0 radical (unpaired) electrons. The minimum Gasteiger partial charge on any atom is -0.477 e. The third-order valence-electron chi connectivity index (χ3n) is 3.34. The summed E-state index contributed by atoms with van der Waals surface area (Å²) in [6.45, 7) is 1.38. The molecule has 1 fully saturated rings. The van der Waals surface area contributed by atoms with E-state index in [0.717, 1.165) is 18.5 Å². The first-order valence-corrected chi connectivity index (χ1v) is 6.08. The lowest BCUT2D eigenvalue weighted by Gasteiger charge is -2.19. The number of aromatic nitrogens is 3. The molecule has 0 aliphatic carbocycles. The van der Waals surface area contributed by atoms with Crippen LogP contribution in [0.3, 0.4) is 0 Å². The molecular formula is C12H13N3O4. The average Bonchev–Trinajstić information content (AvgIpc) is 2.84. The van der Waals surface area contributed by atoms with Gasteiger partial charge in [0.05, 0.1) is 5.69 Å². The standard InChI is InChI=1S/C12H13N3O4/c16-11-10-13-8(7-1-3-19-4-2-7)5-15(10)6-9(14-11)12(17)18/h5-7H,1-4H2,(H,14,16)(H,17,18). The van der Waals surface area contributed by atoms with E-state index in [1.54, 1.807) is 6.20 Å². The van der Waals surface area contributed by atoms with Crippen molar-refractivity contribution in [1.82, 2.24) is 14.4 Å². The Bertz CT molecular complexity index is 682. The smallest absolute Gasteiger partial charge is 0.353 e. The fraction of sp³-hybridized carbons (Fsp3) is 0.417. The van der Waals surface area contributed by atoms with Crippen molar-refractivity contribution in [3.63, 3.8) is 0 Å². The summed E-state index contributed by atoms with van der Waals surface area (Å²) in [6.07, 6.45) is 4.84. The number of fused-ring (bicyclic) bond motifs is 1. The molecule has 0 spiro atoms. The highest BCUT2D eigenvalue weighted by Crippen LogP contribution is 2.25. The Labute approximate surface area is 107 Å². The van der Waals surface area contributed by atoms with E-state index in [1.807, 2.05) is 0 Å². The number of carboxylic acids is 1. The molecule has 0 amide bonds. The molecule has 100 valence electrons. The number of rotatable bonds is 2. The van der Waals surface area contributed by atoms with Crippen LogP contribution >= 0.6 is 0 Å². The topological polar surface area (TPSA) is 96.7 Å². The van der Waals surface area contributed by atoms with E-state index in [-0.39, 0.29) is 17.3 Å². The molecule has 0 bridgehead atoms. The third kappa shape index (κ3) is 2.12. The number of carbonyl (C=O) groups is 1. The highest BCUT2D eigenvalue weighted by Gasteiger charge is 2.20. The molecule has 1 aliphatic rings. The van der Waals surface area contributed by atoms with E-state index in [1.165, 1.54) is 10.6 Å². The van der Waals surface area contributed by atoms with Crippen molar-refractivity contribution in [2.75, 3.05) is 13.2 Å². The summed E-state index contributed by atoms with van der Waals surface area (Å²) in [6, 6.07) is 0. The molecule has 2 aromatic heterocycles. The van der Waals surface area contributed by atoms with Crippen LogP contribution in [0.1, 0.15) is 34.9 Å². The Kier molecular flexibility index (Phi) is 2.83. The zero-order valence-electron chi connectivity index (χ0n) is 10.1. The molecule has 7 heteroatoms. The van der Waals surface area contributed by atoms with Crippen LogP contribution in [0.25, 0.3) is 5.65 Å². The van der Waals surface area contributed by atoms with Gasteiger partial charge >= 0.3 is 5.97 Å². The summed E-state index contributed by atoms with van der Waals surface area (Å²) in [4.78, 5) is 29.3. The quantitative estimate of drug-likeness (QED) is 0.827. The average molecular weight is 263 g/mol. The van der Waals surface area contributed by atoms with Gasteiger partial charge in [0.1, 0.15) is 5.69 Å². The highest BCUT2D eigenvalue weighted by molar-refractivity contribution is 5.85. The lowest BCUT2D eigenvalue weighted by atomic mass is 9.97. The predicted molar refractivity (Wildman–Crippen MR) is 65.6 cm³/mol. The van der Waals surface area contributed by atoms with Gasteiger partial charge in [-0.05, 0) is 12.8 Å². The van der Waals surface area contributed by atoms with E-state index < -0.39 is 11.5 Å². The van der Waals surface area contributed by atoms with Gasteiger partial charge in [0, 0.05) is 31.5 Å². The molecule has 7 nitrogen and oxygen atoms in total.